The van der Waals surface area contributed by atoms with E-state index in [1.165, 1.54) is 30.3 Å². The highest BCUT2D eigenvalue weighted by Gasteiger charge is 2.19. The van der Waals surface area contributed by atoms with Crippen LogP contribution in [0.15, 0.2) is 30.3 Å². The summed E-state index contributed by atoms with van der Waals surface area (Å²) in [6, 6.07) is 5.57. The number of carboxylic acid groups (broad SMARTS) is 1. The average Bonchev–Trinajstić information content (AvgIpc) is 2.69. The zero-order valence-electron chi connectivity index (χ0n) is 18.6. The highest BCUT2D eigenvalue weighted by Crippen LogP contribution is 2.30. The van der Waals surface area contributed by atoms with Gasteiger partial charge in [0.25, 0.3) is 0 Å². The Morgan fingerprint density at radius 2 is 1.82 bits per heavy atom. The van der Waals surface area contributed by atoms with Crippen molar-refractivity contribution in [2.75, 3.05) is 17.4 Å². The fourth-order valence-electron chi connectivity index (χ4n) is 3.04. The summed E-state index contributed by atoms with van der Waals surface area (Å²) in [5, 5.41) is 31.4. The summed E-state index contributed by atoms with van der Waals surface area (Å²) in [6.45, 7) is 3.75. The first-order valence-corrected chi connectivity index (χ1v) is 12.3. The number of aliphatic hydroxyl groups is 2. The quantitative estimate of drug-likeness (QED) is 0.379. The van der Waals surface area contributed by atoms with E-state index in [0.29, 0.717) is 22.5 Å². The van der Waals surface area contributed by atoms with Crippen molar-refractivity contribution >= 4 is 27.8 Å². The molecule has 0 aliphatic carbocycles. The van der Waals surface area contributed by atoms with Gasteiger partial charge in [-0.1, -0.05) is 26.0 Å². The Labute approximate surface area is 192 Å². The van der Waals surface area contributed by atoms with E-state index in [0.717, 1.165) is 6.26 Å². The summed E-state index contributed by atoms with van der Waals surface area (Å²) in [5.41, 5.74) is 2.01. The molecule has 2 aromatic rings. The summed E-state index contributed by atoms with van der Waals surface area (Å²) < 4.78 is 36.6. The van der Waals surface area contributed by atoms with Crippen LogP contribution in [0.5, 0.6) is 0 Å². The third-order valence-corrected chi connectivity index (χ3v) is 5.21. The van der Waals surface area contributed by atoms with Gasteiger partial charge in [-0.05, 0) is 30.2 Å². The number of carboxylic acids is 1. The summed E-state index contributed by atoms with van der Waals surface area (Å²) in [5.74, 6) is -2.03. The van der Waals surface area contributed by atoms with Crippen LogP contribution in [0.4, 0.5) is 10.3 Å². The molecule has 1 aromatic carbocycles. The maximum absolute atomic E-state index is 13.5. The third kappa shape index (κ3) is 8.52. The van der Waals surface area contributed by atoms with Crippen LogP contribution in [0.1, 0.15) is 43.9 Å². The van der Waals surface area contributed by atoms with Gasteiger partial charge in [-0.15, -0.1) is 0 Å². The summed E-state index contributed by atoms with van der Waals surface area (Å²) in [4.78, 5) is 19.6. The number of aromatic nitrogens is 2. The molecule has 1 aromatic heterocycles. The van der Waals surface area contributed by atoms with E-state index < -0.39 is 40.3 Å². The monoisotopic (exact) mass is 481 g/mol. The van der Waals surface area contributed by atoms with Crippen molar-refractivity contribution < 1.29 is 32.9 Å². The fourth-order valence-corrected chi connectivity index (χ4v) is 3.43. The molecule has 0 spiro atoms. The number of rotatable bonds is 11. The Hall–Kier alpha value is -2.89. The molecule has 11 heteroatoms. The van der Waals surface area contributed by atoms with Gasteiger partial charge in [0.05, 0.1) is 30.0 Å². The summed E-state index contributed by atoms with van der Waals surface area (Å²) >= 11 is 0. The lowest BCUT2D eigenvalue weighted by atomic mass is 9.97. The van der Waals surface area contributed by atoms with E-state index in [1.54, 1.807) is 6.08 Å². The van der Waals surface area contributed by atoms with Crippen molar-refractivity contribution in [3.05, 3.63) is 47.4 Å². The van der Waals surface area contributed by atoms with E-state index in [9.17, 15) is 27.8 Å². The average molecular weight is 482 g/mol. The number of hydrogen-bond donors (Lipinski definition) is 4. The molecule has 9 nitrogen and oxygen atoms in total. The predicted molar refractivity (Wildman–Crippen MR) is 123 cm³/mol. The van der Waals surface area contributed by atoms with E-state index in [1.807, 2.05) is 13.8 Å². The standard InChI is InChI=1S/C22H28FN3O6S/c1-13(2)20-18(9-8-16(27)10-17(28)11-19(29)30)21(14-4-6-15(23)7-5-14)26-22(25-20)24-12-33(3,31)32/h4-9,13,16-17,27-28H,10-12H2,1-3H3,(H,29,30)(H,24,25,26)/t16-,17-/m1/s1. The van der Waals surface area contributed by atoms with Crippen molar-refractivity contribution in [3.63, 3.8) is 0 Å². The highest BCUT2D eigenvalue weighted by atomic mass is 32.2. The first kappa shape index (κ1) is 26.4. The van der Waals surface area contributed by atoms with Crippen molar-refractivity contribution in [1.82, 2.24) is 9.97 Å². The molecule has 0 unspecified atom stereocenters. The Morgan fingerprint density at radius 3 is 2.36 bits per heavy atom. The molecule has 0 saturated carbocycles. The van der Waals surface area contributed by atoms with Crippen LogP contribution in [0.3, 0.4) is 0 Å². The Kier molecular flexibility index (Phi) is 9.03. The molecular weight excluding hydrogens is 453 g/mol. The van der Waals surface area contributed by atoms with Gasteiger partial charge in [0.1, 0.15) is 11.7 Å². The SMILES string of the molecule is CC(C)c1nc(NCS(C)(=O)=O)nc(-c2ccc(F)cc2)c1C=C[C@@H](O)C[C@@H](O)CC(=O)O. The lowest BCUT2D eigenvalue weighted by Crippen LogP contribution is -2.19. The second kappa shape index (κ2) is 11.3. The lowest BCUT2D eigenvalue weighted by Gasteiger charge is -2.17. The smallest absolute Gasteiger partial charge is 0.305 e. The number of nitrogens with one attached hydrogen (secondary N) is 1. The minimum Gasteiger partial charge on any atom is -0.481 e. The van der Waals surface area contributed by atoms with Crippen LogP contribution < -0.4 is 5.32 Å². The van der Waals surface area contributed by atoms with Crippen LogP contribution in [-0.2, 0) is 14.6 Å². The van der Waals surface area contributed by atoms with Gasteiger partial charge >= 0.3 is 5.97 Å². The number of halogens is 1. The van der Waals surface area contributed by atoms with Crippen LogP contribution in [0, 0.1) is 5.82 Å². The molecule has 33 heavy (non-hydrogen) atoms. The van der Waals surface area contributed by atoms with Gasteiger partial charge in [0, 0.05) is 23.8 Å². The predicted octanol–water partition coefficient (Wildman–Crippen LogP) is 2.42. The molecule has 0 amide bonds. The van der Waals surface area contributed by atoms with Gasteiger partial charge in [0.15, 0.2) is 9.84 Å². The van der Waals surface area contributed by atoms with E-state index >= 15 is 0 Å². The molecule has 0 fully saturated rings. The zero-order valence-corrected chi connectivity index (χ0v) is 19.4. The highest BCUT2D eigenvalue weighted by molar-refractivity contribution is 7.90. The van der Waals surface area contributed by atoms with E-state index in [-0.39, 0.29) is 24.2 Å². The molecule has 2 atom stereocenters. The van der Waals surface area contributed by atoms with Crippen molar-refractivity contribution in [3.8, 4) is 11.3 Å². The van der Waals surface area contributed by atoms with Crippen LogP contribution in [0.25, 0.3) is 17.3 Å². The molecule has 0 bridgehead atoms. The molecule has 0 aliphatic heterocycles. The van der Waals surface area contributed by atoms with Gasteiger partial charge in [-0.3, -0.25) is 4.79 Å². The van der Waals surface area contributed by atoms with E-state index in [4.69, 9.17) is 5.11 Å². The second-order valence-corrected chi connectivity index (χ2v) is 10.2. The number of carbonyl (C=O) groups is 1. The lowest BCUT2D eigenvalue weighted by molar-refractivity contribution is -0.139. The van der Waals surface area contributed by atoms with Crippen LogP contribution in [-0.4, -0.2) is 64.0 Å². The number of hydrogen-bond acceptors (Lipinski definition) is 8. The largest absolute Gasteiger partial charge is 0.481 e. The second-order valence-electron chi connectivity index (χ2n) is 8.02. The first-order valence-electron chi connectivity index (χ1n) is 10.2. The van der Waals surface area contributed by atoms with Gasteiger partial charge in [-0.25, -0.2) is 22.8 Å². The number of anilines is 1. The molecule has 4 N–H and O–H groups in total. The number of nitrogens with zero attached hydrogens (tertiary/aromatic N) is 2. The topological polar surface area (TPSA) is 150 Å². The maximum Gasteiger partial charge on any atom is 0.305 e. The number of sulfone groups is 1. The van der Waals surface area contributed by atoms with Crippen LogP contribution >= 0.6 is 0 Å². The molecule has 1 heterocycles. The number of aliphatic carboxylic acids is 1. The molecule has 0 aliphatic rings. The normalized spacial score (nSPS) is 13.9. The van der Waals surface area contributed by atoms with Crippen molar-refractivity contribution in [2.45, 2.75) is 44.8 Å². The van der Waals surface area contributed by atoms with Gasteiger partial charge in [-0.2, -0.15) is 0 Å². The van der Waals surface area contributed by atoms with Crippen LogP contribution in [0.2, 0.25) is 0 Å². The fraction of sp³-hybridized carbons (Fsp3) is 0.409. The number of benzene rings is 1. The van der Waals surface area contributed by atoms with E-state index in [2.05, 4.69) is 15.3 Å². The summed E-state index contributed by atoms with van der Waals surface area (Å²) in [7, 11) is -3.34. The van der Waals surface area contributed by atoms with Gasteiger partial charge < -0.3 is 20.6 Å². The Morgan fingerprint density at radius 1 is 1.18 bits per heavy atom. The molecule has 0 radical (unpaired) electrons. The van der Waals surface area contributed by atoms with Crippen molar-refractivity contribution in [2.24, 2.45) is 0 Å². The molecule has 2 rings (SSSR count). The summed E-state index contributed by atoms with van der Waals surface area (Å²) in [6.07, 6.45) is 0.999. The van der Waals surface area contributed by atoms with Crippen molar-refractivity contribution in [1.29, 1.82) is 0 Å². The zero-order chi connectivity index (χ0) is 24.8. The maximum atomic E-state index is 13.5. The van der Waals surface area contributed by atoms with Gasteiger partial charge in [0.2, 0.25) is 5.95 Å². The molecule has 180 valence electrons. The molecule has 0 saturated heterocycles. The molecular formula is C22H28FN3O6S. The number of aliphatic hydroxyl groups excluding tert-OH is 2. The minimum absolute atomic E-state index is 0.0815. The minimum atomic E-state index is -3.34. The first-order chi connectivity index (χ1) is 15.4. The third-order valence-electron chi connectivity index (χ3n) is 4.54. The Balaban J connectivity index is 2.51. The Bertz CT molecular complexity index is 1100.